The molecular weight excluding hydrogens is 315 g/mol. The minimum Gasteiger partial charge on any atom is -0.338 e. The summed E-state index contributed by atoms with van der Waals surface area (Å²) in [7, 11) is 1.63. The van der Waals surface area contributed by atoms with Gasteiger partial charge in [-0.15, -0.1) is 10.2 Å². The van der Waals surface area contributed by atoms with Crippen LogP contribution in [0.1, 0.15) is 24.9 Å². The Morgan fingerprint density at radius 1 is 1.39 bits per heavy atom. The highest BCUT2D eigenvalue weighted by Crippen LogP contribution is 2.42. The highest BCUT2D eigenvalue weighted by Gasteiger charge is 2.55. The van der Waals surface area contributed by atoms with Crippen molar-refractivity contribution in [1.82, 2.24) is 35.7 Å². The van der Waals surface area contributed by atoms with Crippen molar-refractivity contribution in [3.63, 3.8) is 0 Å². The number of H-pyrrole nitrogens is 1. The van der Waals surface area contributed by atoms with E-state index in [1.807, 2.05) is 5.32 Å². The van der Waals surface area contributed by atoms with Crippen LogP contribution in [0, 0.1) is 0 Å². The molecule has 0 spiro atoms. The summed E-state index contributed by atoms with van der Waals surface area (Å²) in [5, 5.41) is 19.0. The molecular formula is C12H12F3N7O. The van der Waals surface area contributed by atoms with Crippen molar-refractivity contribution in [3.8, 4) is 0 Å². The van der Waals surface area contributed by atoms with Gasteiger partial charge < -0.3 is 5.32 Å². The molecule has 1 amide bonds. The monoisotopic (exact) mass is 327 g/mol. The maximum Gasteiger partial charge on any atom is 0.411 e. The Kier molecular flexibility index (Phi) is 3.23. The zero-order valence-electron chi connectivity index (χ0n) is 12.1. The minimum atomic E-state index is -4.62. The second kappa shape index (κ2) is 4.89. The van der Waals surface area contributed by atoms with Crippen LogP contribution in [-0.2, 0) is 11.8 Å². The van der Waals surface area contributed by atoms with Gasteiger partial charge >= 0.3 is 6.18 Å². The van der Waals surface area contributed by atoms with Crippen molar-refractivity contribution in [2.45, 2.75) is 25.1 Å². The van der Waals surface area contributed by atoms with E-state index in [1.165, 1.54) is 10.7 Å². The molecule has 8 nitrogen and oxygen atoms in total. The van der Waals surface area contributed by atoms with Crippen molar-refractivity contribution < 1.29 is 18.0 Å². The number of aromatic nitrogens is 6. The van der Waals surface area contributed by atoms with Gasteiger partial charge in [0.1, 0.15) is 5.54 Å². The van der Waals surface area contributed by atoms with Gasteiger partial charge in [-0.25, -0.2) is 0 Å². The van der Waals surface area contributed by atoms with Crippen LogP contribution in [0.3, 0.4) is 0 Å². The Hall–Kier alpha value is -2.72. The van der Waals surface area contributed by atoms with Gasteiger partial charge in [0.05, 0.1) is 11.3 Å². The van der Waals surface area contributed by atoms with E-state index in [0.717, 1.165) is 6.92 Å². The molecule has 0 saturated carbocycles. The average Bonchev–Trinajstić information content (AvgIpc) is 3.07. The number of hydrogen-bond donors (Lipinski definition) is 2. The first-order valence-corrected chi connectivity index (χ1v) is 6.57. The van der Waals surface area contributed by atoms with E-state index in [9.17, 15) is 18.0 Å². The third-order valence-corrected chi connectivity index (χ3v) is 3.67. The number of aryl methyl sites for hydroxylation is 1. The van der Waals surface area contributed by atoms with Crippen molar-refractivity contribution in [1.29, 1.82) is 0 Å². The van der Waals surface area contributed by atoms with Crippen LogP contribution in [0.15, 0.2) is 12.3 Å². The summed E-state index contributed by atoms with van der Waals surface area (Å²) < 4.78 is 41.5. The standard InChI is InChI=1S/C12H12F3N7O/c1-11(12(13,14)15)5-6(7-3-4-22(2)19-7)8(10(23)16-11)9-17-20-21-18-9/h3-4H,5H2,1-2H3,(H,16,23)(H,17,18,20,21)/t11-/m1/s1. The number of nitrogens with one attached hydrogen (secondary N) is 2. The van der Waals surface area contributed by atoms with E-state index < -0.39 is 24.0 Å². The summed E-state index contributed by atoms with van der Waals surface area (Å²) in [6.07, 6.45) is -3.53. The number of aromatic amines is 1. The number of nitrogens with zero attached hydrogens (tertiary/aromatic N) is 5. The second-order valence-corrected chi connectivity index (χ2v) is 5.42. The fourth-order valence-corrected chi connectivity index (χ4v) is 2.41. The van der Waals surface area contributed by atoms with Crippen molar-refractivity contribution >= 4 is 17.1 Å². The lowest BCUT2D eigenvalue weighted by atomic mass is 9.83. The number of hydrogen-bond acceptors (Lipinski definition) is 5. The van der Waals surface area contributed by atoms with Crippen LogP contribution in [0.4, 0.5) is 13.2 Å². The first kappa shape index (κ1) is 15.2. The molecule has 2 aromatic rings. The van der Waals surface area contributed by atoms with Crippen LogP contribution in [-0.4, -0.2) is 48.0 Å². The molecule has 122 valence electrons. The Morgan fingerprint density at radius 3 is 2.65 bits per heavy atom. The maximum atomic E-state index is 13.3. The molecule has 0 aliphatic carbocycles. The number of amides is 1. The highest BCUT2D eigenvalue weighted by molar-refractivity contribution is 6.27. The summed E-state index contributed by atoms with van der Waals surface area (Å²) in [6.45, 7) is 0.931. The van der Waals surface area contributed by atoms with Crippen molar-refractivity contribution in [3.05, 3.63) is 23.8 Å². The lowest BCUT2D eigenvalue weighted by molar-refractivity contribution is -0.191. The van der Waals surface area contributed by atoms with E-state index in [0.29, 0.717) is 0 Å². The Morgan fingerprint density at radius 2 is 2.13 bits per heavy atom. The molecule has 2 N–H and O–H groups in total. The van der Waals surface area contributed by atoms with Gasteiger partial charge in [0, 0.05) is 19.7 Å². The Labute approximate surface area is 127 Å². The van der Waals surface area contributed by atoms with Crippen LogP contribution in [0.25, 0.3) is 11.1 Å². The molecule has 0 unspecified atom stereocenters. The number of carbonyl (C=O) groups is 1. The minimum absolute atomic E-state index is 0.0702. The van der Waals surface area contributed by atoms with Gasteiger partial charge in [-0.05, 0) is 23.8 Å². The molecule has 0 radical (unpaired) electrons. The molecule has 3 rings (SSSR count). The van der Waals surface area contributed by atoms with Crippen LogP contribution < -0.4 is 5.32 Å². The van der Waals surface area contributed by atoms with E-state index in [4.69, 9.17) is 0 Å². The molecule has 1 aliphatic rings. The molecule has 0 fully saturated rings. The zero-order chi connectivity index (χ0) is 16.8. The summed E-state index contributed by atoms with van der Waals surface area (Å²) in [4.78, 5) is 12.3. The normalized spacial score (nSPS) is 22.4. The number of alkyl halides is 3. The molecule has 11 heteroatoms. The Bertz CT molecular complexity index is 777. The lowest BCUT2D eigenvalue weighted by Gasteiger charge is -2.37. The van der Waals surface area contributed by atoms with E-state index in [-0.39, 0.29) is 22.7 Å². The number of tetrazole rings is 1. The zero-order valence-corrected chi connectivity index (χ0v) is 12.1. The Balaban J connectivity index is 2.19. The smallest absolute Gasteiger partial charge is 0.338 e. The largest absolute Gasteiger partial charge is 0.411 e. The summed E-state index contributed by atoms with van der Waals surface area (Å²) >= 11 is 0. The first-order chi connectivity index (χ1) is 10.7. The summed E-state index contributed by atoms with van der Waals surface area (Å²) in [5.41, 5.74) is -2.09. The van der Waals surface area contributed by atoms with Gasteiger partial charge in [0.25, 0.3) is 5.91 Å². The highest BCUT2D eigenvalue weighted by atomic mass is 19.4. The predicted octanol–water partition coefficient (Wildman–Crippen LogP) is 0.685. The summed E-state index contributed by atoms with van der Waals surface area (Å²) in [5.74, 6) is -0.995. The van der Waals surface area contributed by atoms with Crippen LogP contribution in [0.5, 0.6) is 0 Å². The van der Waals surface area contributed by atoms with E-state index in [1.54, 1.807) is 13.2 Å². The molecule has 0 bridgehead atoms. The van der Waals surface area contributed by atoms with Crippen LogP contribution >= 0.6 is 0 Å². The average molecular weight is 327 g/mol. The third kappa shape index (κ3) is 2.47. The van der Waals surface area contributed by atoms with Gasteiger partial charge in [-0.1, -0.05) is 0 Å². The van der Waals surface area contributed by atoms with Gasteiger partial charge in [0.2, 0.25) is 5.82 Å². The fraction of sp³-hybridized carbons (Fsp3) is 0.417. The fourth-order valence-electron chi connectivity index (χ4n) is 2.41. The lowest BCUT2D eigenvalue weighted by Crippen LogP contribution is -2.59. The van der Waals surface area contributed by atoms with E-state index >= 15 is 0 Å². The predicted molar refractivity (Wildman–Crippen MR) is 71.4 cm³/mol. The van der Waals surface area contributed by atoms with Gasteiger partial charge in [-0.2, -0.15) is 23.5 Å². The molecule has 1 aliphatic heterocycles. The number of rotatable bonds is 2. The molecule has 3 heterocycles. The summed E-state index contributed by atoms with van der Waals surface area (Å²) in [6, 6.07) is 1.53. The van der Waals surface area contributed by atoms with E-state index in [2.05, 4.69) is 25.7 Å². The number of carbonyl (C=O) groups excluding carboxylic acids is 1. The molecule has 0 saturated heterocycles. The molecule has 23 heavy (non-hydrogen) atoms. The van der Waals surface area contributed by atoms with Gasteiger partial charge in [-0.3, -0.25) is 9.48 Å². The first-order valence-electron chi connectivity index (χ1n) is 6.57. The van der Waals surface area contributed by atoms with Crippen LogP contribution in [0.2, 0.25) is 0 Å². The molecule has 2 aromatic heterocycles. The number of halogens is 3. The van der Waals surface area contributed by atoms with Crippen molar-refractivity contribution in [2.75, 3.05) is 0 Å². The third-order valence-electron chi connectivity index (χ3n) is 3.67. The molecule has 0 aromatic carbocycles. The maximum absolute atomic E-state index is 13.3. The second-order valence-electron chi connectivity index (χ2n) is 5.42. The topological polar surface area (TPSA) is 101 Å². The van der Waals surface area contributed by atoms with Crippen molar-refractivity contribution in [2.24, 2.45) is 7.05 Å². The molecule has 1 atom stereocenters. The SMILES string of the molecule is Cn1ccc(C2=C(c3nn[nH]n3)C(=O)N[C@@](C)(C(F)(F)F)C2)n1. The quantitative estimate of drug-likeness (QED) is 0.845. The van der Waals surface area contributed by atoms with Gasteiger partial charge in [0.15, 0.2) is 0 Å².